The molecule has 1 aromatic carbocycles. The second-order valence-electron chi connectivity index (χ2n) is 6.20. The quantitative estimate of drug-likeness (QED) is 0.832. The maximum atomic E-state index is 12.3. The molecule has 0 saturated heterocycles. The molecular formula is C18H27NO3S. The molecule has 1 amide bonds. The number of para-hydroxylation sites is 1. The van der Waals surface area contributed by atoms with Crippen LogP contribution in [0.15, 0.2) is 24.3 Å². The van der Waals surface area contributed by atoms with Gasteiger partial charge in [0, 0.05) is 22.4 Å². The Morgan fingerprint density at radius 2 is 2.04 bits per heavy atom. The fraction of sp³-hybridized carbons (Fsp3) is 0.611. The van der Waals surface area contributed by atoms with Gasteiger partial charge in [-0.1, -0.05) is 38.0 Å². The van der Waals surface area contributed by atoms with E-state index in [9.17, 15) is 9.00 Å². The van der Waals surface area contributed by atoms with Gasteiger partial charge in [0.2, 0.25) is 5.91 Å². The van der Waals surface area contributed by atoms with Crippen molar-refractivity contribution < 1.29 is 13.7 Å². The average molecular weight is 337 g/mol. The average Bonchev–Trinajstić information content (AvgIpc) is 2.51. The highest BCUT2D eigenvalue weighted by Gasteiger charge is 2.23. The van der Waals surface area contributed by atoms with Crippen molar-refractivity contribution in [3.63, 3.8) is 0 Å². The fourth-order valence-corrected chi connectivity index (χ4v) is 4.13. The van der Waals surface area contributed by atoms with E-state index in [2.05, 4.69) is 12.2 Å². The number of carbonyl (C=O) groups is 1. The number of rotatable bonds is 7. The van der Waals surface area contributed by atoms with Crippen LogP contribution in [-0.2, 0) is 21.3 Å². The Balaban J connectivity index is 1.85. The van der Waals surface area contributed by atoms with Crippen molar-refractivity contribution >= 4 is 16.7 Å². The molecule has 2 rings (SSSR count). The van der Waals surface area contributed by atoms with Gasteiger partial charge in [0.05, 0.1) is 12.4 Å². The molecule has 3 atom stereocenters. The minimum absolute atomic E-state index is 0.0592. The number of hydrogen-bond acceptors (Lipinski definition) is 3. The summed E-state index contributed by atoms with van der Waals surface area (Å²) in [4.78, 5) is 12.1. The predicted molar refractivity (Wildman–Crippen MR) is 93.9 cm³/mol. The van der Waals surface area contributed by atoms with Crippen LogP contribution in [0.4, 0.5) is 0 Å². The highest BCUT2D eigenvalue weighted by Crippen LogP contribution is 2.24. The number of amides is 1. The molecule has 5 heteroatoms. The number of hydrogen-bond donors (Lipinski definition) is 1. The van der Waals surface area contributed by atoms with Gasteiger partial charge >= 0.3 is 0 Å². The predicted octanol–water partition coefficient (Wildman–Crippen LogP) is 3.03. The van der Waals surface area contributed by atoms with Gasteiger partial charge in [0.25, 0.3) is 0 Å². The molecular weight excluding hydrogens is 310 g/mol. The van der Waals surface area contributed by atoms with E-state index in [1.54, 1.807) is 0 Å². The number of carbonyl (C=O) groups excluding carboxylic acids is 1. The van der Waals surface area contributed by atoms with Gasteiger partial charge < -0.3 is 10.1 Å². The standard InChI is InChI=1S/C18H27NO3S/c1-3-22-17-11-7-5-9-15(17)12-23(21)13-18(20)19-16-10-6-4-8-14(16)2/h5,7,9,11,14,16H,3-4,6,8,10,12-13H2,1-2H3,(H,19,20). The fourth-order valence-electron chi connectivity index (χ4n) is 3.07. The second-order valence-corrected chi connectivity index (χ2v) is 7.66. The molecule has 0 radical (unpaired) electrons. The monoisotopic (exact) mass is 337 g/mol. The molecule has 0 aromatic heterocycles. The Morgan fingerprint density at radius 1 is 1.30 bits per heavy atom. The lowest BCUT2D eigenvalue weighted by Crippen LogP contribution is -2.42. The van der Waals surface area contributed by atoms with Crippen LogP contribution in [0.5, 0.6) is 5.75 Å². The normalized spacial score (nSPS) is 22.3. The summed E-state index contributed by atoms with van der Waals surface area (Å²) < 4.78 is 17.8. The molecule has 23 heavy (non-hydrogen) atoms. The van der Waals surface area contributed by atoms with E-state index in [0.717, 1.165) is 24.2 Å². The van der Waals surface area contributed by atoms with Gasteiger partial charge in [-0.25, -0.2) is 0 Å². The topological polar surface area (TPSA) is 55.4 Å². The van der Waals surface area contributed by atoms with Crippen molar-refractivity contribution in [3.8, 4) is 5.75 Å². The minimum atomic E-state index is -1.22. The van der Waals surface area contributed by atoms with Gasteiger partial charge in [-0.2, -0.15) is 0 Å². The van der Waals surface area contributed by atoms with Crippen LogP contribution < -0.4 is 10.1 Å². The largest absolute Gasteiger partial charge is 0.494 e. The molecule has 0 aliphatic heterocycles. The first-order valence-corrected chi connectivity index (χ1v) is 9.94. The molecule has 0 bridgehead atoms. The SMILES string of the molecule is CCOc1ccccc1CS(=O)CC(=O)NC1CCCCC1C. The van der Waals surface area contributed by atoms with Gasteiger partial charge in [-0.15, -0.1) is 0 Å². The zero-order chi connectivity index (χ0) is 16.7. The molecule has 1 aliphatic rings. The summed E-state index contributed by atoms with van der Waals surface area (Å²) >= 11 is 0. The summed E-state index contributed by atoms with van der Waals surface area (Å²) in [6.45, 7) is 4.68. The van der Waals surface area contributed by atoms with Crippen LogP contribution in [-0.4, -0.2) is 28.5 Å². The summed E-state index contributed by atoms with van der Waals surface area (Å²) in [5.74, 6) is 1.58. The van der Waals surface area contributed by atoms with Crippen molar-refractivity contribution in [1.29, 1.82) is 0 Å². The maximum Gasteiger partial charge on any atom is 0.232 e. The Bertz CT molecular complexity index is 547. The summed E-state index contributed by atoms with van der Waals surface area (Å²) in [6.07, 6.45) is 4.61. The van der Waals surface area contributed by atoms with Crippen LogP contribution in [0.25, 0.3) is 0 Å². The highest BCUT2D eigenvalue weighted by molar-refractivity contribution is 7.84. The first kappa shape index (κ1) is 18.0. The Hall–Kier alpha value is -1.36. The molecule has 0 heterocycles. The first-order valence-electron chi connectivity index (χ1n) is 8.45. The van der Waals surface area contributed by atoms with Crippen molar-refractivity contribution in [2.45, 2.75) is 51.3 Å². The van der Waals surface area contributed by atoms with Crippen molar-refractivity contribution in [2.24, 2.45) is 5.92 Å². The highest BCUT2D eigenvalue weighted by atomic mass is 32.2. The van der Waals surface area contributed by atoms with E-state index in [1.165, 1.54) is 12.8 Å². The zero-order valence-corrected chi connectivity index (χ0v) is 14.9. The van der Waals surface area contributed by atoms with Crippen molar-refractivity contribution in [1.82, 2.24) is 5.32 Å². The molecule has 1 saturated carbocycles. The molecule has 4 nitrogen and oxygen atoms in total. The van der Waals surface area contributed by atoms with E-state index in [1.807, 2.05) is 31.2 Å². The Kier molecular flexibility index (Phi) is 7.09. The van der Waals surface area contributed by atoms with Crippen LogP contribution >= 0.6 is 0 Å². The Morgan fingerprint density at radius 3 is 2.78 bits per heavy atom. The molecule has 1 N–H and O–H groups in total. The molecule has 0 spiro atoms. The van der Waals surface area contributed by atoms with Crippen LogP contribution in [0.1, 0.15) is 45.1 Å². The second kappa shape index (κ2) is 9.06. The number of benzene rings is 1. The van der Waals surface area contributed by atoms with Crippen LogP contribution in [0.3, 0.4) is 0 Å². The third-order valence-corrected chi connectivity index (χ3v) is 5.56. The Labute approximate surface area is 141 Å². The number of ether oxygens (including phenoxy) is 1. The third-order valence-electron chi connectivity index (χ3n) is 4.34. The minimum Gasteiger partial charge on any atom is -0.494 e. The van der Waals surface area contributed by atoms with Gasteiger partial charge in [-0.3, -0.25) is 9.00 Å². The van der Waals surface area contributed by atoms with Crippen LogP contribution in [0, 0.1) is 5.92 Å². The van der Waals surface area contributed by atoms with Gasteiger partial charge in [0.1, 0.15) is 11.5 Å². The lowest BCUT2D eigenvalue weighted by molar-refractivity contribution is -0.119. The van der Waals surface area contributed by atoms with Gasteiger partial charge in [0.15, 0.2) is 0 Å². The molecule has 1 fully saturated rings. The van der Waals surface area contributed by atoms with E-state index in [0.29, 0.717) is 18.3 Å². The van der Waals surface area contributed by atoms with E-state index in [-0.39, 0.29) is 17.7 Å². The van der Waals surface area contributed by atoms with Crippen molar-refractivity contribution in [2.75, 3.05) is 12.4 Å². The third kappa shape index (κ3) is 5.65. The van der Waals surface area contributed by atoms with Crippen molar-refractivity contribution in [3.05, 3.63) is 29.8 Å². The maximum absolute atomic E-state index is 12.3. The van der Waals surface area contributed by atoms with E-state index < -0.39 is 10.8 Å². The first-order chi connectivity index (χ1) is 11.1. The summed E-state index contributed by atoms with van der Waals surface area (Å²) in [5, 5.41) is 3.06. The summed E-state index contributed by atoms with van der Waals surface area (Å²) in [7, 11) is -1.22. The molecule has 1 aliphatic carbocycles. The van der Waals surface area contributed by atoms with Crippen LogP contribution in [0.2, 0.25) is 0 Å². The molecule has 3 unspecified atom stereocenters. The lowest BCUT2D eigenvalue weighted by atomic mass is 9.86. The van der Waals surface area contributed by atoms with E-state index >= 15 is 0 Å². The molecule has 1 aromatic rings. The lowest BCUT2D eigenvalue weighted by Gasteiger charge is -2.29. The van der Waals surface area contributed by atoms with E-state index in [4.69, 9.17) is 4.74 Å². The zero-order valence-electron chi connectivity index (χ0n) is 14.0. The molecule has 128 valence electrons. The summed E-state index contributed by atoms with van der Waals surface area (Å²) in [6, 6.07) is 7.82. The number of nitrogens with one attached hydrogen (secondary N) is 1. The van der Waals surface area contributed by atoms with Gasteiger partial charge in [-0.05, 0) is 31.7 Å². The summed E-state index contributed by atoms with van der Waals surface area (Å²) in [5.41, 5.74) is 0.895. The smallest absolute Gasteiger partial charge is 0.232 e.